The molecule has 0 saturated carbocycles. The molecule has 9 aromatic rings. The topological polar surface area (TPSA) is 74.8 Å². The van der Waals surface area contributed by atoms with Gasteiger partial charge in [0, 0.05) is 39.0 Å². The second-order valence-corrected chi connectivity index (χ2v) is 14.7. The van der Waals surface area contributed by atoms with E-state index in [4.69, 9.17) is 16.5 Å². The fourth-order valence-corrected chi connectivity index (χ4v) is 9.18. The number of fused-ring (bicyclic) bond motifs is 6. The molecule has 3 heterocycles. The number of allylic oxidation sites excluding steroid dienone is 2. The molecule has 0 atom stereocenters. The summed E-state index contributed by atoms with van der Waals surface area (Å²) in [4.78, 5) is 5.61. The largest absolute Gasteiger partial charge is 0.384 e. The van der Waals surface area contributed by atoms with Crippen LogP contribution in [0, 0.1) is 0 Å². The maximum absolute atomic E-state index is 6.66. The average Bonchev–Trinajstić information content (AvgIpc) is 3.83. The Hall–Kier alpha value is -7.37. The maximum Gasteiger partial charge on any atom is 0.117 e. The van der Waals surface area contributed by atoms with Gasteiger partial charge in [-0.25, -0.2) is 4.98 Å². The zero-order chi connectivity index (χ0) is 38.7. The van der Waals surface area contributed by atoms with Crippen LogP contribution in [0.4, 0.5) is 11.6 Å². The number of hydrogen-bond acceptors (Lipinski definition) is 3. The third kappa shape index (κ3) is 5.05. The van der Waals surface area contributed by atoms with Crippen LogP contribution in [0.25, 0.3) is 67.8 Å². The van der Waals surface area contributed by atoms with E-state index in [2.05, 4.69) is 168 Å². The molecule has 1 aliphatic rings. The fourth-order valence-electron chi connectivity index (χ4n) is 9.18. The monoisotopic (exact) mass is 735 g/mol. The van der Waals surface area contributed by atoms with E-state index in [0.717, 1.165) is 61.3 Å². The van der Waals surface area contributed by atoms with E-state index < -0.39 is 5.41 Å². The van der Waals surface area contributed by atoms with Gasteiger partial charge in [-0.1, -0.05) is 152 Å². The smallest absolute Gasteiger partial charge is 0.117 e. The molecule has 5 nitrogen and oxygen atoms in total. The van der Waals surface area contributed by atoms with Crippen molar-refractivity contribution in [3.63, 3.8) is 0 Å². The predicted octanol–water partition coefficient (Wildman–Crippen LogP) is 12.2. The Morgan fingerprint density at radius 2 is 1.02 bits per heavy atom. The van der Waals surface area contributed by atoms with Gasteiger partial charge in [-0.2, -0.15) is 0 Å². The first-order valence-corrected chi connectivity index (χ1v) is 19.5. The van der Waals surface area contributed by atoms with Crippen molar-refractivity contribution in [2.24, 2.45) is 0 Å². The van der Waals surface area contributed by atoms with Crippen molar-refractivity contribution in [2.75, 3.05) is 11.5 Å². The highest BCUT2D eigenvalue weighted by molar-refractivity contribution is 6.09. The lowest BCUT2D eigenvalue weighted by Gasteiger charge is -2.33. The van der Waals surface area contributed by atoms with Crippen LogP contribution in [-0.2, 0) is 5.41 Å². The van der Waals surface area contributed by atoms with E-state index in [1.165, 1.54) is 27.8 Å². The van der Waals surface area contributed by atoms with E-state index in [9.17, 15) is 0 Å². The molecule has 0 bridgehead atoms. The summed E-state index contributed by atoms with van der Waals surface area (Å²) in [6, 6.07) is 58.9. The van der Waals surface area contributed by atoms with Crippen LogP contribution in [0.5, 0.6) is 0 Å². The minimum absolute atomic E-state index is 0.536. The van der Waals surface area contributed by atoms with E-state index >= 15 is 0 Å². The van der Waals surface area contributed by atoms with E-state index in [1.54, 1.807) is 0 Å². The van der Waals surface area contributed by atoms with Crippen molar-refractivity contribution in [1.29, 1.82) is 0 Å². The van der Waals surface area contributed by atoms with Crippen molar-refractivity contribution in [3.05, 3.63) is 209 Å². The Balaban J connectivity index is 1.12. The molecule has 10 rings (SSSR count). The summed E-state index contributed by atoms with van der Waals surface area (Å²) >= 11 is 0. The van der Waals surface area contributed by atoms with Crippen LogP contribution < -0.4 is 11.5 Å². The lowest BCUT2D eigenvalue weighted by atomic mass is 9.68. The molecule has 57 heavy (non-hydrogen) atoms. The Morgan fingerprint density at radius 3 is 1.60 bits per heavy atom. The van der Waals surface area contributed by atoms with Crippen LogP contribution in [0.15, 0.2) is 176 Å². The minimum atomic E-state index is -0.536. The van der Waals surface area contributed by atoms with Gasteiger partial charge in [0.05, 0.1) is 27.7 Å². The number of hydrogen-bond donors (Lipinski definition) is 2. The molecule has 4 N–H and O–H groups in total. The highest BCUT2D eigenvalue weighted by Gasteiger charge is 2.47. The van der Waals surface area contributed by atoms with Gasteiger partial charge < -0.3 is 16.0 Å². The van der Waals surface area contributed by atoms with Gasteiger partial charge in [0.15, 0.2) is 0 Å². The molecule has 5 heteroatoms. The number of para-hydroxylation sites is 1. The van der Waals surface area contributed by atoms with Gasteiger partial charge in [0.1, 0.15) is 11.6 Å². The number of nitrogens with two attached hydrogens (primary N) is 2. The molecular formula is C52H41N5. The molecular weight excluding hydrogens is 695 g/mol. The molecule has 0 amide bonds. The zero-order valence-electron chi connectivity index (χ0n) is 31.9. The molecule has 3 aromatic heterocycles. The summed E-state index contributed by atoms with van der Waals surface area (Å²) in [5, 5.41) is 1.13. The number of rotatable bonds is 7. The number of nitrogen functional groups attached to an aromatic ring is 2. The van der Waals surface area contributed by atoms with E-state index in [-0.39, 0.29) is 0 Å². The lowest BCUT2D eigenvalue weighted by molar-refractivity contribution is 0.767. The van der Waals surface area contributed by atoms with E-state index in [1.807, 2.05) is 42.7 Å². The number of pyridine rings is 1. The fraction of sp³-hybridized carbons (Fsp3) is 0.0577. The summed E-state index contributed by atoms with van der Waals surface area (Å²) in [7, 11) is 0. The first-order chi connectivity index (χ1) is 28.0. The number of nitrogens with zero attached hydrogens (tertiary/aromatic N) is 3. The van der Waals surface area contributed by atoms with Gasteiger partial charge in [-0.15, -0.1) is 0 Å². The normalized spacial score (nSPS) is 13.2. The first kappa shape index (κ1) is 34.1. The van der Waals surface area contributed by atoms with Crippen molar-refractivity contribution in [1.82, 2.24) is 14.1 Å². The maximum atomic E-state index is 6.66. The van der Waals surface area contributed by atoms with Crippen LogP contribution in [0.2, 0.25) is 0 Å². The third-order valence-electron chi connectivity index (χ3n) is 11.6. The van der Waals surface area contributed by atoms with Crippen molar-refractivity contribution in [3.8, 4) is 33.8 Å². The van der Waals surface area contributed by atoms with Crippen molar-refractivity contribution < 1.29 is 0 Å². The Morgan fingerprint density at radius 1 is 0.509 bits per heavy atom. The van der Waals surface area contributed by atoms with E-state index in [0.29, 0.717) is 11.6 Å². The average molecular weight is 736 g/mol. The van der Waals surface area contributed by atoms with Crippen LogP contribution >= 0.6 is 0 Å². The Kier molecular flexibility index (Phi) is 8.05. The van der Waals surface area contributed by atoms with Gasteiger partial charge in [-0.3, -0.25) is 4.57 Å². The lowest BCUT2D eigenvalue weighted by Crippen LogP contribution is -2.28. The molecule has 1 aliphatic carbocycles. The second-order valence-electron chi connectivity index (χ2n) is 14.7. The molecule has 0 unspecified atom stereocenters. The summed E-state index contributed by atoms with van der Waals surface area (Å²) in [5.74, 6) is 1.24. The molecule has 0 saturated heterocycles. The minimum Gasteiger partial charge on any atom is -0.384 e. The SMILES string of the molecule is C/C=C\c1c(/C=C\C)c(N)n(-c2ccc(-c3ccc(-n4c5ccccc5c5nc6c(cc54)C(c4ccccc4)(c4ccccc4)c4ccccc4-6)cc3)cc2)c1N. The molecule has 0 radical (unpaired) electrons. The highest BCUT2D eigenvalue weighted by atomic mass is 15.1. The Bertz CT molecular complexity index is 2940. The third-order valence-corrected chi connectivity index (χ3v) is 11.6. The summed E-state index contributed by atoms with van der Waals surface area (Å²) in [5.41, 5.74) is 29.1. The van der Waals surface area contributed by atoms with Crippen LogP contribution in [0.3, 0.4) is 0 Å². The van der Waals surface area contributed by atoms with Gasteiger partial charge in [0.2, 0.25) is 0 Å². The standard InChI is InChI=1S/C52H41N5/c1-3-15-40-41(16-4-2)51(54)57(50(40)53)39-31-27-35(28-32-39)34-25-29-38(30-26-34)56-46-24-14-12-22-43(46)49-47(56)33-45-48(55-49)42-21-11-13-23-44(42)52(45,36-17-7-5-8-18-36)37-19-9-6-10-20-37/h3-33H,53-54H2,1-2H3/b15-3-,16-4-. The van der Waals surface area contributed by atoms with Crippen molar-refractivity contribution in [2.45, 2.75) is 19.3 Å². The van der Waals surface area contributed by atoms with Gasteiger partial charge >= 0.3 is 0 Å². The number of benzene rings is 6. The highest BCUT2D eigenvalue weighted by Crippen LogP contribution is 2.56. The number of anilines is 2. The quantitative estimate of drug-likeness (QED) is 0.171. The summed E-state index contributed by atoms with van der Waals surface area (Å²) < 4.78 is 4.30. The number of aromatic nitrogens is 3. The second kappa shape index (κ2) is 13.4. The van der Waals surface area contributed by atoms with Gasteiger partial charge in [-0.05, 0) is 78.1 Å². The van der Waals surface area contributed by atoms with Crippen LogP contribution in [0.1, 0.15) is 47.2 Å². The molecule has 0 aliphatic heterocycles. The zero-order valence-corrected chi connectivity index (χ0v) is 31.9. The molecule has 274 valence electrons. The van der Waals surface area contributed by atoms with Gasteiger partial charge in [0.25, 0.3) is 0 Å². The molecule has 0 fully saturated rings. The predicted molar refractivity (Wildman–Crippen MR) is 239 cm³/mol. The first-order valence-electron chi connectivity index (χ1n) is 19.5. The molecule has 0 spiro atoms. The summed E-state index contributed by atoms with van der Waals surface area (Å²) in [6.07, 6.45) is 7.99. The Labute approximate surface area is 332 Å². The van der Waals surface area contributed by atoms with Crippen molar-refractivity contribution >= 4 is 45.7 Å². The van der Waals surface area contributed by atoms with Crippen LogP contribution in [-0.4, -0.2) is 14.1 Å². The molecule has 6 aromatic carbocycles. The summed E-state index contributed by atoms with van der Waals surface area (Å²) in [6.45, 7) is 3.97.